The van der Waals surface area contributed by atoms with E-state index in [2.05, 4.69) is 0 Å². The molecule has 0 heterocycles. The van der Waals surface area contributed by atoms with Gasteiger partial charge in [0, 0.05) is 6.61 Å². The van der Waals surface area contributed by atoms with Crippen LogP contribution in [0.4, 0.5) is 0 Å². The minimum atomic E-state index is -3.21. The standard InChI is InChI=1S/C15H25NO3S/c1-11(2)20(18,19)15-6-4-13(5-7-15)8-12(3)14(9-16)10-17/h4-7,11-12,14,17H,8-10,16H2,1-3H3. The Hall–Kier alpha value is -0.910. The van der Waals surface area contributed by atoms with Crippen LogP contribution in [0.25, 0.3) is 0 Å². The Balaban J connectivity index is 2.83. The lowest BCUT2D eigenvalue weighted by molar-refractivity contribution is 0.187. The molecule has 0 amide bonds. The van der Waals surface area contributed by atoms with E-state index in [0.29, 0.717) is 11.4 Å². The fourth-order valence-electron chi connectivity index (χ4n) is 2.11. The van der Waals surface area contributed by atoms with Gasteiger partial charge in [0.25, 0.3) is 0 Å². The second-order valence-electron chi connectivity index (χ2n) is 5.60. The Morgan fingerprint density at radius 3 is 2.10 bits per heavy atom. The molecule has 0 aliphatic rings. The summed E-state index contributed by atoms with van der Waals surface area (Å²) in [6, 6.07) is 7.01. The van der Waals surface area contributed by atoms with Crippen LogP contribution < -0.4 is 5.73 Å². The van der Waals surface area contributed by atoms with E-state index >= 15 is 0 Å². The molecule has 1 aromatic rings. The van der Waals surface area contributed by atoms with Gasteiger partial charge in [-0.2, -0.15) is 0 Å². The summed E-state index contributed by atoms with van der Waals surface area (Å²) in [7, 11) is -3.21. The minimum absolute atomic E-state index is 0.0778. The van der Waals surface area contributed by atoms with Crippen molar-refractivity contribution in [3.63, 3.8) is 0 Å². The van der Waals surface area contributed by atoms with Gasteiger partial charge in [0.15, 0.2) is 9.84 Å². The number of hydrogen-bond acceptors (Lipinski definition) is 4. The quantitative estimate of drug-likeness (QED) is 0.801. The van der Waals surface area contributed by atoms with Crippen LogP contribution in [-0.4, -0.2) is 31.9 Å². The number of hydrogen-bond donors (Lipinski definition) is 2. The van der Waals surface area contributed by atoms with Crippen molar-refractivity contribution in [3.05, 3.63) is 29.8 Å². The average molecular weight is 299 g/mol. The molecule has 2 atom stereocenters. The summed E-state index contributed by atoms with van der Waals surface area (Å²) in [6.45, 7) is 5.94. The molecule has 0 saturated heterocycles. The van der Waals surface area contributed by atoms with Crippen molar-refractivity contribution in [1.82, 2.24) is 0 Å². The molecule has 1 rings (SSSR count). The van der Waals surface area contributed by atoms with Crippen molar-refractivity contribution < 1.29 is 13.5 Å². The molecular weight excluding hydrogens is 274 g/mol. The van der Waals surface area contributed by atoms with E-state index < -0.39 is 15.1 Å². The predicted molar refractivity (Wildman–Crippen MR) is 81.3 cm³/mol. The van der Waals surface area contributed by atoms with Crippen molar-refractivity contribution in [3.8, 4) is 0 Å². The van der Waals surface area contributed by atoms with Gasteiger partial charge in [-0.05, 0) is 56.3 Å². The molecule has 0 aromatic heterocycles. The zero-order valence-corrected chi connectivity index (χ0v) is 13.2. The first-order valence-electron chi connectivity index (χ1n) is 6.96. The van der Waals surface area contributed by atoms with Crippen molar-refractivity contribution in [2.45, 2.75) is 37.3 Å². The van der Waals surface area contributed by atoms with Crippen LogP contribution in [0.2, 0.25) is 0 Å². The minimum Gasteiger partial charge on any atom is -0.396 e. The van der Waals surface area contributed by atoms with E-state index in [9.17, 15) is 13.5 Å². The van der Waals surface area contributed by atoms with Gasteiger partial charge in [-0.15, -0.1) is 0 Å². The van der Waals surface area contributed by atoms with Gasteiger partial charge in [-0.1, -0.05) is 19.1 Å². The summed E-state index contributed by atoms with van der Waals surface area (Å²) in [4.78, 5) is 0.362. The Kier molecular flexibility index (Phi) is 6.17. The zero-order chi connectivity index (χ0) is 15.3. The van der Waals surface area contributed by atoms with E-state index in [1.165, 1.54) is 0 Å². The van der Waals surface area contributed by atoms with E-state index in [1.54, 1.807) is 26.0 Å². The Bertz CT molecular complexity index is 504. The molecule has 0 saturated carbocycles. The highest BCUT2D eigenvalue weighted by molar-refractivity contribution is 7.92. The van der Waals surface area contributed by atoms with E-state index in [4.69, 9.17) is 5.73 Å². The van der Waals surface area contributed by atoms with Crippen molar-refractivity contribution in [2.24, 2.45) is 17.6 Å². The highest BCUT2D eigenvalue weighted by atomic mass is 32.2. The molecule has 0 fully saturated rings. The van der Waals surface area contributed by atoms with Crippen molar-refractivity contribution in [1.29, 1.82) is 0 Å². The highest BCUT2D eigenvalue weighted by Crippen LogP contribution is 2.20. The lowest BCUT2D eigenvalue weighted by atomic mass is 9.89. The van der Waals surface area contributed by atoms with Gasteiger partial charge in [0.2, 0.25) is 0 Å². The molecular formula is C15H25NO3S. The van der Waals surface area contributed by atoms with E-state index in [0.717, 1.165) is 12.0 Å². The van der Waals surface area contributed by atoms with Gasteiger partial charge >= 0.3 is 0 Å². The molecule has 2 unspecified atom stereocenters. The summed E-state index contributed by atoms with van der Waals surface area (Å²) in [5.41, 5.74) is 6.68. The maximum atomic E-state index is 12.0. The number of benzene rings is 1. The third-order valence-corrected chi connectivity index (χ3v) is 5.94. The number of nitrogens with two attached hydrogens (primary N) is 1. The third kappa shape index (κ3) is 4.04. The van der Waals surface area contributed by atoms with Crippen LogP contribution in [-0.2, 0) is 16.3 Å². The molecule has 0 radical (unpaired) electrons. The van der Waals surface area contributed by atoms with Gasteiger partial charge in [0.1, 0.15) is 0 Å². The van der Waals surface area contributed by atoms with E-state index in [-0.39, 0.29) is 18.4 Å². The second kappa shape index (κ2) is 7.20. The number of sulfone groups is 1. The highest BCUT2D eigenvalue weighted by Gasteiger charge is 2.19. The number of rotatable bonds is 7. The summed E-state index contributed by atoms with van der Waals surface area (Å²) >= 11 is 0. The molecule has 1 aromatic carbocycles. The zero-order valence-electron chi connectivity index (χ0n) is 12.4. The van der Waals surface area contributed by atoms with Crippen LogP contribution in [0, 0.1) is 11.8 Å². The summed E-state index contributed by atoms with van der Waals surface area (Å²) in [5, 5.41) is 8.81. The van der Waals surface area contributed by atoms with Crippen LogP contribution in [0.15, 0.2) is 29.2 Å². The molecule has 20 heavy (non-hydrogen) atoms. The average Bonchev–Trinajstić information content (AvgIpc) is 2.40. The first-order valence-corrected chi connectivity index (χ1v) is 8.51. The largest absolute Gasteiger partial charge is 0.396 e. The molecule has 4 nitrogen and oxygen atoms in total. The SMILES string of the molecule is CC(Cc1ccc(S(=O)(=O)C(C)C)cc1)C(CN)CO. The molecule has 114 valence electrons. The molecule has 0 bridgehead atoms. The van der Waals surface area contributed by atoms with Crippen LogP contribution in [0.3, 0.4) is 0 Å². The first-order chi connectivity index (χ1) is 9.32. The van der Waals surface area contributed by atoms with Crippen LogP contribution in [0.1, 0.15) is 26.3 Å². The summed E-state index contributed by atoms with van der Waals surface area (Å²) < 4.78 is 24.0. The first kappa shape index (κ1) is 17.1. The molecule has 3 N–H and O–H groups in total. The van der Waals surface area contributed by atoms with Gasteiger partial charge in [-0.25, -0.2) is 8.42 Å². The molecule has 0 aliphatic carbocycles. The van der Waals surface area contributed by atoms with Gasteiger partial charge in [0.05, 0.1) is 10.1 Å². The normalized spacial score (nSPS) is 15.3. The molecule has 5 heteroatoms. The van der Waals surface area contributed by atoms with E-state index in [1.807, 2.05) is 19.1 Å². The van der Waals surface area contributed by atoms with Crippen molar-refractivity contribution >= 4 is 9.84 Å². The number of aliphatic hydroxyl groups excluding tert-OH is 1. The second-order valence-corrected chi connectivity index (χ2v) is 8.10. The third-order valence-electron chi connectivity index (χ3n) is 3.77. The maximum absolute atomic E-state index is 12.0. The predicted octanol–water partition coefficient (Wildman–Crippen LogP) is 1.61. The monoisotopic (exact) mass is 299 g/mol. The Morgan fingerprint density at radius 1 is 1.15 bits per heavy atom. The lowest BCUT2D eigenvalue weighted by Gasteiger charge is -2.20. The topological polar surface area (TPSA) is 80.4 Å². The fourth-order valence-corrected chi connectivity index (χ4v) is 3.17. The van der Waals surface area contributed by atoms with Gasteiger partial charge in [-0.3, -0.25) is 0 Å². The Labute approximate surface area is 121 Å². The fraction of sp³-hybridized carbons (Fsp3) is 0.600. The molecule has 0 spiro atoms. The smallest absolute Gasteiger partial charge is 0.180 e. The number of aliphatic hydroxyl groups is 1. The lowest BCUT2D eigenvalue weighted by Crippen LogP contribution is -2.26. The van der Waals surface area contributed by atoms with Crippen LogP contribution >= 0.6 is 0 Å². The molecule has 0 aliphatic heterocycles. The maximum Gasteiger partial charge on any atom is 0.180 e. The van der Waals surface area contributed by atoms with Crippen LogP contribution in [0.5, 0.6) is 0 Å². The van der Waals surface area contributed by atoms with Gasteiger partial charge < -0.3 is 10.8 Å². The van der Waals surface area contributed by atoms with Crippen molar-refractivity contribution in [2.75, 3.05) is 13.2 Å². The summed E-state index contributed by atoms with van der Waals surface area (Å²) in [6.07, 6.45) is 0.782. The summed E-state index contributed by atoms with van der Waals surface area (Å²) in [5.74, 6) is 0.339. The Morgan fingerprint density at radius 2 is 1.70 bits per heavy atom.